The molecule has 0 bridgehead atoms. The van der Waals surface area contributed by atoms with Gasteiger partial charge >= 0.3 is 11.9 Å². The summed E-state index contributed by atoms with van der Waals surface area (Å²) in [4.78, 5) is 42.1. The molecule has 0 aliphatic carbocycles. The largest absolute Gasteiger partial charge is 0.484 e. The number of aliphatic carboxylic acids is 2. The number of carbonyl (C=O) groups is 2. The van der Waals surface area contributed by atoms with E-state index in [0.717, 1.165) is 142 Å². The van der Waals surface area contributed by atoms with Gasteiger partial charge in [0.1, 0.15) is 29.7 Å². The van der Waals surface area contributed by atoms with Crippen LogP contribution in [0.1, 0.15) is 163 Å². The Morgan fingerprint density at radius 3 is 1.75 bits per heavy atom. The lowest BCUT2D eigenvalue weighted by Gasteiger charge is -2.20. The smallest absolute Gasteiger partial charge is 0.303 e. The van der Waals surface area contributed by atoms with Crippen LogP contribution in [0, 0.1) is 0 Å². The molecule has 4 N–H and O–H groups in total. The number of nitrogens with zero attached hydrogens (tertiary/aromatic N) is 4. The highest BCUT2D eigenvalue weighted by molar-refractivity contribution is 7.16. The van der Waals surface area contributed by atoms with E-state index in [0.29, 0.717) is 24.8 Å². The topological polar surface area (TPSA) is 169 Å². The SMILES string of the molecule is CC.CC.O=C(O)CC(CCCCCCc1ccc2c(n1)NCCC2)c1cnc2c(c1)OCCO2.O=C(O)CC(CCCCCCc1ccc2c(n1)NCCC2)c1cnc2sccc2c1. The Morgan fingerprint density at radius 1 is 0.662 bits per heavy atom. The van der Waals surface area contributed by atoms with Crippen LogP contribution in [-0.4, -0.2) is 68.4 Å². The molecule has 12 nitrogen and oxygen atoms in total. The Labute approximate surface area is 390 Å². The van der Waals surface area contributed by atoms with E-state index in [4.69, 9.17) is 19.4 Å². The molecule has 13 heteroatoms. The van der Waals surface area contributed by atoms with E-state index in [2.05, 4.69) is 57.0 Å². The Bertz CT molecular complexity index is 2210. The molecule has 8 rings (SSSR count). The van der Waals surface area contributed by atoms with Gasteiger partial charge in [-0.15, -0.1) is 11.3 Å². The summed E-state index contributed by atoms with van der Waals surface area (Å²) in [5.41, 5.74) is 6.95. The van der Waals surface area contributed by atoms with Crippen molar-refractivity contribution in [3.05, 3.63) is 93.9 Å². The van der Waals surface area contributed by atoms with Gasteiger partial charge in [-0.05, 0) is 134 Å². The van der Waals surface area contributed by atoms with Crippen molar-refractivity contribution >= 4 is 45.1 Å². The monoisotopic (exact) mass is 909 g/mol. The van der Waals surface area contributed by atoms with Crippen LogP contribution in [0.3, 0.4) is 0 Å². The second-order valence-electron chi connectivity index (χ2n) is 16.5. The third-order valence-corrected chi connectivity index (χ3v) is 12.7. The fourth-order valence-electron chi connectivity index (χ4n) is 8.58. The maximum absolute atomic E-state index is 11.4. The van der Waals surface area contributed by atoms with Crippen molar-refractivity contribution < 1.29 is 29.3 Å². The van der Waals surface area contributed by atoms with E-state index in [9.17, 15) is 19.8 Å². The van der Waals surface area contributed by atoms with Gasteiger partial charge in [0.15, 0.2) is 5.75 Å². The summed E-state index contributed by atoms with van der Waals surface area (Å²) in [5.74, 6) is 1.70. The number of ether oxygens (including phenoxy) is 2. The van der Waals surface area contributed by atoms with Crippen molar-refractivity contribution in [2.24, 2.45) is 0 Å². The molecule has 65 heavy (non-hydrogen) atoms. The van der Waals surface area contributed by atoms with E-state index in [1.807, 2.05) is 45.3 Å². The van der Waals surface area contributed by atoms with Gasteiger partial charge in [-0.25, -0.2) is 19.9 Å². The summed E-state index contributed by atoms with van der Waals surface area (Å²) < 4.78 is 11.1. The number of carboxylic acid groups (broad SMARTS) is 2. The predicted molar refractivity (Wildman–Crippen MR) is 263 cm³/mol. The number of fused-ring (bicyclic) bond motifs is 4. The summed E-state index contributed by atoms with van der Waals surface area (Å²) in [6, 6.07) is 14.8. The first kappa shape index (κ1) is 50.7. The summed E-state index contributed by atoms with van der Waals surface area (Å²) in [5, 5.41) is 28.6. The molecule has 8 heterocycles. The summed E-state index contributed by atoms with van der Waals surface area (Å²) in [7, 11) is 0. The number of hydrogen-bond acceptors (Lipinski definition) is 11. The van der Waals surface area contributed by atoms with Gasteiger partial charge in [-0.2, -0.15) is 0 Å². The van der Waals surface area contributed by atoms with Crippen LogP contribution in [0.4, 0.5) is 11.6 Å². The second-order valence-corrected chi connectivity index (χ2v) is 17.4. The molecule has 0 amide bonds. The normalized spacial score (nSPS) is 14.2. The van der Waals surface area contributed by atoms with Crippen LogP contribution in [0.25, 0.3) is 10.2 Å². The van der Waals surface area contributed by atoms with Gasteiger partial charge in [0.2, 0.25) is 0 Å². The van der Waals surface area contributed by atoms with Crippen molar-refractivity contribution in [2.75, 3.05) is 36.9 Å². The number of nitrogens with one attached hydrogen (secondary N) is 2. The minimum Gasteiger partial charge on any atom is -0.484 e. The van der Waals surface area contributed by atoms with E-state index in [1.54, 1.807) is 17.5 Å². The molecule has 0 saturated carbocycles. The maximum Gasteiger partial charge on any atom is 0.303 e. The van der Waals surface area contributed by atoms with Crippen LogP contribution in [-0.2, 0) is 35.3 Å². The number of anilines is 2. The zero-order valence-electron chi connectivity index (χ0n) is 39.2. The minimum atomic E-state index is -0.785. The standard InChI is InChI=1S/C24H31N3O4.C24H29N3O2S.2C2H6/c28-22(29)15-18(19-14-21-24(26-16-19)31-13-12-30-21)6-3-1-2-4-8-20-10-9-17-7-5-11-25-23(17)27-20;28-22(29)15-18(20-14-19-11-13-30-24(19)26-16-20)6-3-1-2-4-8-21-10-9-17-7-5-12-25-23(17)27-21;2*1-2/h9-10,14,16,18H,1-8,11-13,15H2,(H,25,27)(H,28,29);9-11,13-14,16,18H,1-8,12,15H2,(H,25,27)(H,28,29);2*1-2H3. The Hall–Kier alpha value is -5.30. The van der Waals surface area contributed by atoms with E-state index in [-0.39, 0.29) is 24.7 Å². The zero-order valence-corrected chi connectivity index (χ0v) is 40.0. The number of unbranched alkanes of at least 4 members (excludes halogenated alkanes) is 6. The quantitative estimate of drug-likeness (QED) is 0.0546. The molecular weight excluding hydrogens is 837 g/mol. The van der Waals surface area contributed by atoms with Gasteiger partial charge in [0, 0.05) is 42.3 Å². The predicted octanol–water partition coefficient (Wildman–Crippen LogP) is 12.2. The van der Waals surface area contributed by atoms with Gasteiger partial charge in [0.05, 0.1) is 12.8 Å². The number of carboxylic acids is 2. The lowest BCUT2D eigenvalue weighted by Crippen LogP contribution is -2.17. The third-order valence-electron chi connectivity index (χ3n) is 11.9. The number of pyridine rings is 4. The first-order valence-electron chi connectivity index (χ1n) is 24.4. The molecule has 0 saturated heterocycles. The van der Waals surface area contributed by atoms with Crippen LogP contribution in [0.2, 0.25) is 0 Å². The van der Waals surface area contributed by atoms with Gasteiger partial charge < -0.3 is 30.3 Å². The molecule has 3 aliphatic rings. The number of thiophene rings is 1. The van der Waals surface area contributed by atoms with Crippen molar-refractivity contribution in [3.8, 4) is 11.6 Å². The number of aromatic nitrogens is 4. The first-order valence-corrected chi connectivity index (χ1v) is 25.2. The average molecular weight is 909 g/mol. The van der Waals surface area contributed by atoms with Gasteiger partial charge in [0.25, 0.3) is 5.88 Å². The highest BCUT2D eigenvalue weighted by Gasteiger charge is 2.21. The molecule has 0 spiro atoms. The molecule has 5 aromatic rings. The third kappa shape index (κ3) is 16.3. The van der Waals surface area contributed by atoms with Crippen molar-refractivity contribution in [1.82, 2.24) is 19.9 Å². The second kappa shape index (κ2) is 27.9. The summed E-state index contributed by atoms with van der Waals surface area (Å²) >= 11 is 1.62. The average Bonchev–Trinajstić information content (AvgIpc) is 3.82. The molecule has 352 valence electrons. The molecule has 2 atom stereocenters. The number of hydrogen-bond donors (Lipinski definition) is 4. The Kier molecular flexibility index (Phi) is 21.8. The van der Waals surface area contributed by atoms with Crippen molar-refractivity contribution in [2.45, 2.75) is 155 Å². The Morgan fingerprint density at radius 2 is 1.18 bits per heavy atom. The molecule has 0 aromatic carbocycles. The number of rotatable bonds is 20. The molecule has 3 aliphatic heterocycles. The molecule has 5 aromatic heterocycles. The summed E-state index contributed by atoms with van der Waals surface area (Å²) in [6.07, 6.45) is 20.9. The minimum absolute atomic E-state index is 0.0349. The first-order chi connectivity index (χ1) is 31.9. The van der Waals surface area contributed by atoms with Gasteiger partial charge in [-0.3, -0.25) is 9.59 Å². The maximum atomic E-state index is 11.4. The van der Waals surface area contributed by atoms with Crippen LogP contribution in [0.15, 0.2) is 60.2 Å². The van der Waals surface area contributed by atoms with Crippen molar-refractivity contribution in [1.29, 1.82) is 0 Å². The molecule has 2 unspecified atom stereocenters. The lowest BCUT2D eigenvalue weighted by molar-refractivity contribution is -0.138. The van der Waals surface area contributed by atoms with Crippen molar-refractivity contribution in [3.63, 3.8) is 0 Å². The van der Waals surface area contributed by atoms with Crippen LogP contribution < -0.4 is 20.1 Å². The molecule has 0 radical (unpaired) electrons. The molecular formula is C52H72N6O6S. The van der Waals surface area contributed by atoms with E-state index in [1.165, 1.54) is 29.7 Å². The highest BCUT2D eigenvalue weighted by Crippen LogP contribution is 2.34. The highest BCUT2D eigenvalue weighted by atomic mass is 32.1. The fourth-order valence-corrected chi connectivity index (χ4v) is 9.30. The Balaban J connectivity index is 0.000000227. The summed E-state index contributed by atoms with van der Waals surface area (Å²) in [6.45, 7) is 11.0. The lowest BCUT2D eigenvalue weighted by atomic mass is 9.90. The fraction of sp³-hybridized carbons (Fsp3) is 0.538. The van der Waals surface area contributed by atoms with E-state index >= 15 is 0 Å². The van der Waals surface area contributed by atoms with Crippen LogP contribution >= 0.6 is 11.3 Å². The van der Waals surface area contributed by atoms with Gasteiger partial charge in [-0.1, -0.05) is 78.4 Å². The van der Waals surface area contributed by atoms with Crippen LogP contribution in [0.5, 0.6) is 11.6 Å². The van der Waals surface area contributed by atoms with E-state index < -0.39 is 11.9 Å². The zero-order chi connectivity index (χ0) is 46.2. The number of aryl methyl sites for hydroxylation is 4. The molecule has 0 fully saturated rings.